The number of hydrogen-bond acceptors (Lipinski definition) is 4. The third-order valence-electron chi connectivity index (χ3n) is 4.38. The maximum Gasteiger partial charge on any atom is 0.312 e. The number of hydrogen-bond donors (Lipinski definition) is 0. The third-order valence-corrected chi connectivity index (χ3v) is 4.38. The highest BCUT2D eigenvalue weighted by molar-refractivity contribution is 5.85. The van der Waals surface area contributed by atoms with E-state index in [-0.39, 0.29) is 18.2 Å². The number of methoxy groups -OCH3 is 1. The molecular weight excluding hydrogens is 268 g/mol. The van der Waals surface area contributed by atoms with Crippen molar-refractivity contribution in [2.75, 3.05) is 14.2 Å². The Morgan fingerprint density at radius 2 is 2.05 bits per heavy atom. The fraction of sp³-hybridized carbons (Fsp3) is 0.438. The molecule has 0 unspecified atom stereocenters. The highest BCUT2D eigenvalue weighted by atomic mass is 16.5. The van der Waals surface area contributed by atoms with Crippen LogP contribution in [0.2, 0.25) is 0 Å². The van der Waals surface area contributed by atoms with E-state index in [1.807, 2.05) is 30.3 Å². The van der Waals surface area contributed by atoms with Crippen molar-refractivity contribution in [3.05, 3.63) is 35.9 Å². The summed E-state index contributed by atoms with van der Waals surface area (Å²) in [5, 5.41) is 9.57. The van der Waals surface area contributed by atoms with Gasteiger partial charge in [0.25, 0.3) is 0 Å². The van der Waals surface area contributed by atoms with Crippen molar-refractivity contribution in [3.63, 3.8) is 0 Å². The van der Waals surface area contributed by atoms with Crippen LogP contribution in [-0.4, -0.2) is 36.5 Å². The Morgan fingerprint density at radius 1 is 1.43 bits per heavy atom. The number of ether oxygens (including phenoxy) is 1. The average molecular weight is 286 g/mol. The topological polar surface area (TPSA) is 70.4 Å². The Kier molecular flexibility index (Phi) is 3.99. The molecule has 1 aromatic rings. The predicted octanol–water partition coefficient (Wildman–Crippen LogP) is 1.70. The minimum atomic E-state index is -1.22. The first kappa shape index (κ1) is 15.0. The van der Waals surface area contributed by atoms with Crippen LogP contribution in [0.4, 0.5) is 0 Å². The minimum absolute atomic E-state index is 0.145. The molecule has 1 aromatic carbocycles. The summed E-state index contributed by atoms with van der Waals surface area (Å²) in [4.78, 5) is 25.9. The Hall–Kier alpha value is -2.35. The van der Waals surface area contributed by atoms with Gasteiger partial charge in [-0.1, -0.05) is 30.3 Å². The molecule has 1 aliphatic heterocycles. The standard InChI is InChI=1S/C16H18N2O3/c1-16(10-17)14(15(20)21-3)12(9-13(19)18(16)2)11-7-5-4-6-8-11/h4-8,12,14H,9H2,1-3H3/t12-,14-,16-/m0/s1. The van der Waals surface area contributed by atoms with Gasteiger partial charge in [-0.15, -0.1) is 0 Å². The summed E-state index contributed by atoms with van der Waals surface area (Å²) < 4.78 is 4.89. The second kappa shape index (κ2) is 5.57. The van der Waals surface area contributed by atoms with E-state index in [0.29, 0.717) is 0 Å². The van der Waals surface area contributed by atoms with Crippen LogP contribution in [0.1, 0.15) is 24.8 Å². The van der Waals surface area contributed by atoms with Crippen LogP contribution < -0.4 is 0 Å². The van der Waals surface area contributed by atoms with Crippen LogP contribution in [0.3, 0.4) is 0 Å². The van der Waals surface area contributed by atoms with Gasteiger partial charge in [0.1, 0.15) is 11.5 Å². The van der Waals surface area contributed by atoms with E-state index in [1.54, 1.807) is 14.0 Å². The Bertz CT molecular complexity index is 593. The number of likely N-dealkylation sites (tertiary alicyclic amines) is 1. The molecule has 0 bridgehead atoms. The highest BCUT2D eigenvalue weighted by Crippen LogP contribution is 2.43. The SMILES string of the molecule is COC(=O)[C@@H]1[C@H](c2ccccc2)CC(=O)N(C)[C@@]1(C)C#N. The van der Waals surface area contributed by atoms with Gasteiger partial charge in [0, 0.05) is 19.4 Å². The lowest BCUT2D eigenvalue weighted by atomic mass is 9.69. The van der Waals surface area contributed by atoms with Crippen LogP contribution in [0.5, 0.6) is 0 Å². The molecule has 110 valence electrons. The van der Waals surface area contributed by atoms with Gasteiger partial charge >= 0.3 is 5.97 Å². The summed E-state index contributed by atoms with van der Waals surface area (Å²) in [6, 6.07) is 11.5. The van der Waals surface area contributed by atoms with E-state index in [0.717, 1.165) is 5.56 Å². The van der Waals surface area contributed by atoms with Gasteiger partial charge in [-0.05, 0) is 12.5 Å². The summed E-state index contributed by atoms with van der Waals surface area (Å²) in [5.41, 5.74) is -0.348. The number of carbonyl (C=O) groups excluding carboxylic acids is 2. The predicted molar refractivity (Wildman–Crippen MR) is 76.1 cm³/mol. The van der Waals surface area contributed by atoms with Crippen molar-refractivity contribution < 1.29 is 14.3 Å². The molecule has 2 rings (SSSR count). The number of nitriles is 1. The summed E-state index contributed by atoms with van der Waals surface area (Å²) in [6.45, 7) is 1.61. The summed E-state index contributed by atoms with van der Waals surface area (Å²) in [5.74, 6) is -1.68. The van der Waals surface area contributed by atoms with Gasteiger partial charge in [0.15, 0.2) is 0 Å². The maximum absolute atomic E-state index is 12.3. The van der Waals surface area contributed by atoms with Crippen molar-refractivity contribution in [2.45, 2.75) is 24.8 Å². The molecule has 21 heavy (non-hydrogen) atoms. The van der Waals surface area contributed by atoms with Crippen LogP contribution in [0.15, 0.2) is 30.3 Å². The second-order valence-corrected chi connectivity index (χ2v) is 5.43. The molecular formula is C16H18N2O3. The molecule has 0 radical (unpaired) electrons. The number of carbonyl (C=O) groups is 2. The van der Waals surface area contributed by atoms with Crippen molar-refractivity contribution in [2.24, 2.45) is 5.92 Å². The van der Waals surface area contributed by atoms with Gasteiger partial charge in [-0.3, -0.25) is 9.59 Å². The number of amides is 1. The van der Waals surface area contributed by atoms with Gasteiger partial charge in [0.2, 0.25) is 5.91 Å². The molecule has 0 spiro atoms. The van der Waals surface area contributed by atoms with E-state index in [9.17, 15) is 14.9 Å². The van der Waals surface area contributed by atoms with Gasteiger partial charge in [-0.25, -0.2) is 0 Å². The Balaban J connectivity index is 2.55. The number of nitrogens with zero attached hydrogens (tertiary/aromatic N) is 2. The number of benzene rings is 1. The first-order valence-electron chi connectivity index (χ1n) is 6.76. The zero-order valence-electron chi connectivity index (χ0n) is 12.4. The molecule has 0 aromatic heterocycles. The Morgan fingerprint density at radius 3 is 2.57 bits per heavy atom. The van der Waals surface area contributed by atoms with E-state index in [2.05, 4.69) is 6.07 Å². The monoisotopic (exact) mass is 286 g/mol. The smallest absolute Gasteiger partial charge is 0.312 e. The van der Waals surface area contributed by atoms with E-state index in [4.69, 9.17) is 4.74 Å². The fourth-order valence-corrected chi connectivity index (χ4v) is 2.98. The number of esters is 1. The van der Waals surface area contributed by atoms with Crippen LogP contribution in [0, 0.1) is 17.2 Å². The average Bonchev–Trinajstić information content (AvgIpc) is 2.52. The largest absolute Gasteiger partial charge is 0.469 e. The maximum atomic E-state index is 12.3. The molecule has 1 amide bonds. The molecule has 1 aliphatic rings. The number of piperidine rings is 1. The van der Waals surface area contributed by atoms with Gasteiger partial charge in [0.05, 0.1) is 13.2 Å². The number of rotatable bonds is 2. The first-order chi connectivity index (χ1) is 9.95. The van der Waals surface area contributed by atoms with Gasteiger partial charge < -0.3 is 9.64 Å². The lowest BCUT2D eigenvalue weighted by Gasteiger charge is -2.46. The molecule has 1 saturated heterocycles. The first-order valence-corrected chi connectivity index (χ1v) is 6.76. The third kappa shape index (κ3) is 2.38. The molecule has 1 fully saturated rings. The lowest BCUT2D eigenvalue weighted by molar-refractivity contribution is -0.158. The molecule has 3 atom stereocenters. The van der Waals surface area contributed by atoms with Crippen molar-refractivity contribution in [3.8, 4) is 6.07 Å². The second-order valence-electron chi connectivity index (χ2n) is 5.43. The van der Waals surface area contributed by atoms with Crippen LogP contribution >= 0.6 is 0 Å². The molecule has 1 heterocycles. The van der Waals surface area contributed by atoms with E-state index in [1.165, 1.54) is 12.0 Å². The molecule has 5 nitrogen and oxygen atoms in total. The quantitative estimate of drug-likeness (QED) is 0.776. The van der Waals surface area contributed by atoms with Crippen molar-refractivity contribution in [1.82, 2.24) is 4.90 Å². The Labute approximate surface area is 124 Å². The molecule has 5 heteroatoms. The van der Waals surface area contributed by atoms with Crippen LogP contribution in [-0.2, 0) is 14.3 Å². The summed E-state index contributed by atoms with van der Waals surface area (Å²) >= 11 is 0. The highest BCUT2D eigenvalue weighted by Gasteiger charge is 2.54. The van der Waals surface area contributed by atoms with E-state index < -0.39 is 17.4 Å². The van der Waals surface area contributed by atoms with Crippen molar-refractivity contribution >= 4 is 11.9 Å². The molecule has 0 aliphatic carbocycles. The van der Waals surface area contributed by atoms with Gasteiger partial charge in [-0.2, -0.15) is 5.26 Å². The molecule has 0 N–H and O–H groups in total. The normalized spacial score (nSPS) is 28.9. The fourth-order valence-electron chi connectivity index (χ4n) is 2.98. The zero-order chi connectivity index (χ0) is 15.6. The van der Waals surface area contributed by atoms with E-state index >= 15 is 0 Å². The summed E-state index contributed by atoms with van der Waals surface area (Å²) in [7, 11) is 2.86. The molecule has 0 saturated carbocycles. The minimum Gasteiger partial charge on any atom is -0.469 e. The van der Waals surface area contributed by atoms with Crippen molar-refractivity contribution in [1.29, 1.82) is 5.26 Å². The van der Waals surface area contributed by atoms with Crippen LogP contribution in [0.25, 0.3) is 0 Å². The summed E-state index contributed by atoms with van der Waals surface area (Å²) in [6.07, 6.45) is 0.192. The zero-order valence-corrected chi connectivity index (χ0v) is 12.4. The lowest BCUT2D eigenvalue weighted by Crippen LogP contribution is -2.60.